The number of nitrogens with zero attached hydrogens (tertiary/aromatic N) is 1. The lowest BCUT2D eigenvalue weighted by atomic mass is 10.1. The van der Waals surface area contributed by atoms with E-state index >= 15 is 0 Å². The van der Waals surface area contributed by atoms with Crippen LogP contribution in [0, 0.1) is 0 Å². The largest absolute Gasteiger partial charge is 0.479 e. The Labute approximate surface area is 158 Å². The van der Waals surface area contributed by atoms with Crippen LogP contribution in [0.4, 0.5) is 18.9 Å². The van der Waals surface area contributed by atoms with Gasteiger partial charge in [0.1, 0.15) is 5.75 Å². The van der Waals surface area contributed by atoms with Crippen molar-refractivity contribution in [2.24, 2.45) is 5.73 Å². The van der Waals surface area contributed by atoms with Crippen LogP contribution in [0.1, 0.15) is 5.56 Å². The van der Waals surface area contributed by atoms with Crippen molar-refractivity contribution in [1.29, 1.82) is 0 Å². The first-order valence-corrected chi connectivity index (χ1v) is 8.31. The Morgan fingerprint density at radius 3 is 2.32 bits per heavy atom. The van der Waals surface area contributed by atoms with Crippen molar-refractivity contribution in [3.63, 3.8) is 0 Å². The van der Waals surface area contributed by atoms with Gasteiger partial charge in [0.05, 0.1) is 11.8 Å². The number of ether oxygens (including phenoxy) is 1. The van der Waals surface area contributed by atoms with Gasteiger partial charge >= 0.3 is 6.18 Å². The van der Waals surface area contributed by atoms with Gasteiger partial charge in [-0.2, -0.15) is 18.3 Å². The van der Waals surface area contributed by atoms with Crippen LogP contribution < -0.4 is 15.8 Å². The van der Waals surface area contributed by atoms with Gasteiger partial charge in [-0.15, -0.1) is 0 Å². The lowest BCUT2D eigenvalue weighted by Gasteiger charge is -2.17. The number of nitrogens with two attached hydrogens (primary N) is 1. The van der Waals surface area contributed by atoms with Crippen LogP contribution >= 0.6 is 0 Å². The fourth-order valence-electron chi connectivity index (χ4n) is 2.47. The lowest BCUT2D eigenvalue weighted by Crippen LogP contribution is -2.39. The number of hydrogen-bond donors (Lipinski definition) is 3. The van der Waals surface area contributed by atoms with Gasteiger partial charge in [-0.3, -0.25) is 9.89 Å². The van der Waals surface area contributed by atoms with Crippen molar-refractivity contribution in [3.05, 3.63) is 66.5 Å². The van der Waals surface area contributed by atoms with E-state index in [1.807, 2.05) is 12.1 Å². The maximum absolute atomic E-state index is 12.6. The van der Waals surface area contributed by atoms with Crippen LogP contribution in [0.25, 0.3) is 11.1 Å². The number of hydrogen-bond acceptors (Lipinski definition) is 4. The molecule has 1 amide bonds. The molecule has 146 valence electrons. The van der Waals surface area contributed by atoms with Crippen LogP contribution in [0.3, 0.4) is 0 Å². The van der Waals surface area contributed by atoms with Gasteiger partial charge in [0, 0.05) is 24.0 Å². The minimum Gasteiger partial charge on any atom is -0.479 e. The predicted octanol–water partition coefficient (Wildman–Crippen LogP) is 3.44. The van der Waals surface area contributed by atoms with Crippen LogP contribution in [-0.2, 0) is 11.0 Å². The van der Waals surface area contributed by atoms with Crippen molar-refractivity contribution in [3.8, 4) is 16.9 Å². The number of nitrogens with one attached hydrogen (secondary N) is 2. The standard InChI is InChI=1S/C19H17F3N4O2/c20-19(21,22)14-3-7-16(8-4-14)28-17(9-23)18(27)26-15-5-1-12(2-6-15)13-10-24-25-11-13/h1-8,10-11,17H,9,23H2,(H,24,25)(H,26,27). The summed E-state index contributed by atoms with van der Waals surface area (Å²) in [6.07, 6.45) is -2.07. The van der Waals surface area contributed by atoms with Crippen molar-refractivity contribution in [2.45, 2.75) is 12.3 Å². The Morgan fingerprint density at radius 1 is 1.11 bits per heavy atom. The maximum atomic E-state index is 12.6. The van der Waals surface area contributed by atoms with E-state index in [0.29, 0.717) is 5.69 Å². The van der Waals surface area contributed by atoms with Crippen molar-refractivity contribution >= 4 is 11.6 Å². The third-order valence-corrected chi connectivity index (χ3v) is 3.95. The Kier molecular flexibility index (Phi) is 5.65. The minimum atomic E-state index is -4.44. The summed E-state index contributed by atoms with van der Waals surface area (Å²) in [6, 6.07) is 11.1. The van der Waals surface area contributed by atoms with E-state index in [1.54, 1.807) is 24.5 Å². The molecular weight excluding hydrogens is 373 g/mol. The molecule has 0 aliphatic heterocycles. The number of carbonyl (C=O) groups is 1. The Bertz CT molecular complexity index is 908. The number of amides is 1. The van der Waals surface area contributed by atoms with Gasteiger partial charge in [-0.05, 0) is 42.0 Å². The molecule has 0 radical (unpaired) electrons. The van der Waals surface area contributed by atoms with E-state index in [4.69, 9.17) is 10.5 Å². The number of aromatic amines is 1. The predicted molar refractivity (Wildman–Crippen MR) is 97.6 cm³/mol. The number of halogens is 3. The average molecular weight is 390 g/mol. The van der Waals surface area contributed by atoms with E-state index in [9.17, 15) is 18.0 Å². The number of H-pyrrole nitrogens is 1. The van der Waals surface area contributed by atoms with Crippen LogP contribution in [0.15, 0.2) is 60.9 Å². The molecule has 0 spiro atoms. The molecule has 4 N–H and O–H groups in total. The highest BCUT2D eigenvalue weighted by Crippen LogP contribution is 2.30. The minimum absolute atomic E-state index is 0.119. The molecule has 1 atom stereocenters. The second-order valence-corrected chi connectivity index (χ2v) is 5.92. The number of anilines is 1. The summed E-state index contributed by atoms with van der Waals surface area (Å²) in [7, 11) is 0. The summed E-state index contributed by atoms with van der Waals surface area (Å²) >= 11 is 0. The van der Waals surface area contributed by atoms with Gasteiger partial charge < -0.3 is 15.8 Å². The van der Waals surface area contributed by atoms with Crippen LogP contribution in [-0.4, -0.2) is 28.8 Å². The first kappa shape index (κ1) is 19.4. The Hall–Kier alpha value is -3.33. The molecule has 1 aromatic heterocycles. The van der Waals surface area contributed by atoms with Crippen molar-refractivity contribution in [2.75, 3.05) is 11.9 Å². The SMILES string of the molecule is NCC(Oc1ccc(C(F)(F)F)cc1)C(=O)Nc1ccc(-c2cn[nH]c2)cc1. The topological polar surface area (TPSA) is 93.0 Å². The van der Waals surface area contributed by atoms with E-state index in [1.165, 1.54) is 0 Å². The van der Waals surface area contributed by atoms with Crippen molar-refractivity contribution in [1.82, 2.24) is 10.2 Å². The molecule has 3 aromatic rings. The fraction of sp³-hybridized carbons (Fsp3) is 0.158. The summed E-state index contributed by atoms with van der Waals surface area (Å²) in [5.41, 5.74) is 7.15. The molecule has 0 saturated heterocycles. The Morgan fingerprint density at radius 2 is 1.79 bits per heavy atom. The third kappa shape index (κ3) is 4.68. The highest BCUT2D eigenvalue weighted by atomic mass is 19.4. The van der Waals surface area contributed by atoms with Crippen LogP contribution in [0.2, 0.25) is 0 Å². The second-order valence-electron chi connectivity index (χ2n) is 5.92. The molecule has 0 aliphatic carbocycles. The van der Waals surface area contributed by atoms with Gasteiger partial charge in [-0.1, -0.05) is 12.1 Å². The Balaban J connectivity index is 1.63. The molecule has 1 heterocycles. The zero-order valence-electron chi connectivity index (χ0n) is 14.5. The van der Waals surface area contributed by atoms with E-state index in [-0.39, 0.29) is 12.3 Å². The molecule has 2 aromatic carbocycles. The van der Waals surface area contributed by atoms with Crippen LogP contribution in [0.5, 0.6) is 5.75 Å². The van der Waals surface area contributed by atoms with Gasteiger partial charge in [0.15, 0.2) is 6.10 Å². The second kappa shape index (κ2) is 8.13. The number of rotatable bonds is 6. The van der Waals surface area contributed by atoms with E-state index < -0.39 is 23.8 Å². The zero-order valence-corrected chi connectivity index (χ0v) is 14.5. The molecule has 28 heavy (non-hydrogen) atoms. The molecule has 1 unspecified atom stereocenters. The zero-order chi connectivity index (χ0) is 20.1. The third-order valence-electron chi connectivity index (χ3n) is 3.95. The molecule has 0 fully saturated rings. The average Bonchev–Trinajstić information content (AvgIpc) is 3.21. The van der Waals surface area contributed by atoms with Gasteiger partial charge in [0.2, 0.25) is 0 Å². The summed E-state index contributed by atoms with van der Waals surface area (Å²) in [5, 5.41) is 9.27. The first-order valence-electron chi connectivity index (χ1n) is 8.31. The molecule has 0 aliphatic rings. The molecule has 9 heteroatoms. The number of alkyl halides is 3. The maximum Gasteiger partial charge on any atom is 0.416 e. The molecule has 3 rings (SSSR count). The quantitative estimate of drug-likeness (QED) is 0.601. The monoisotopic (exact) mass is 390 g/mol. The number of benzene rings is 2. The smallest absolute Gasteiger partial charge is 0.416 e. The van der Waals surface area contributed by atoms with Gasteiger partial charge in [0.25, 0.3) is 5.91 Å². The summed E-state index contributed by atoms with van der Waals surface area (Å²) in [6.45, 7) is -0.139. The number of carbonyl (C=O) groups excluding carboxylic acids is 1. The summed E-state index contributed by atoms with van der Waals surface area (Å²) in [5.74, 6) is -0.382. The van der Waals surface area contributed by atoms with E-state index in [2.05, 4.69) is 15.5 Å². The molecule has 0 bridgehead atoms. The van der Waals surface area contributed by atoms with E-state index in [0.717, 1.165) is 35.4 Å². The fourth-order valence-corrected chi connectivity index (χ4v) is 2.47. The summed E-state index contributed by atoms with van der Waals surface area (Å²) < 4.78 is 43.3. The summed E-state index contributed by atoms with van der Waals surface area (Å²) in [4.78, 5) is 12.4. The van der Waals surface area contributed by atoms with Gasteiger partial charge in [-0.25, -0.2) is 0 Å². The van der Waals surface area contributed by atoms with Crippen molar-refractivity contribution < 1.29 is 22.7 Å². The highest BCUT2D eigenvalue weighted by Gasteiger charge is 2.30. The normalized spacial score (nSPS) is 12.4. The molecule has 0 saturated carbocycles. The number of aromatic nitrogens is 2. The highest BCUT2D eigenvalue weighted by molar-refractivity contribution is 5.94. The molecule has 6 nitrogen and oxygen atoms in total. The molecular formula is C19H17F3N4O2. The lowest BCUT2D eigenvalue weighted by molar-refractivity contribution is -0.137. The first-order chi connectivity index (χ1) is 13.4.